The SMILES string of the molecule is COC(=O)c1c(C#N)cc(=O)[nH]c1C(F)F. The van der Waals surface area contributed by atoms with Gasteiger partial charge < -0.3 is 9.72 Å². The summed E-state index contributed by atoms with van der Waals surface area (Å²) in [6.45, 7) is 0. The van der Waals surface area contributed by atoms with Crippen molar-refractivity contribution in [3.05, 3.63) is 33.2 Å². The van der Waals surface area contributed by atoms with Gasteiger partial charge in [0.25, 0.3) is 6.43 Å². The Hall–Kier alpha value is -2.23. The smallest absolute Gasteiger partial charge is 0.341 e. The third-order valence-electron chi connectivity index (χ3n) is 1.80. The van der Waals surface area contributed by atoms with E-state index >= 15 is 0 Å². The molecule has 1 heterocycles. The van der Waals surface area contributed by atoms with Crippen LogP contribution in [0, 0.1) is 11.3 Å². The highest BCUT2D eigenvalue weighted by molar-refractivity contribution is 5.93. The molecule has 1 aromatic rings. The van der Waals surface area contributed by atoms with Gasteiger partial charge in [-0.15, -0.1) is 0 Å². The zero-order chi connectivity index (χ0) is 12.3. The number of esters is 1. The van der Waals surface area contributed by atoms with Crippen LogP contribution in [0.4, 0.5) is 8.78 Å². The van der Waals surface area contributed by atoms with E-state index < -0.39 is 34.8 Å². The predicted molar refractivity (Wildman–Crippen MR) is 48.1 cm³/mol. The van der Waals surface area contributed by atoms with Gasteiger partial charge in [-0.2, -0.15) is 5.26 Å². The van der Waals surface area contributed by atoms with Crippen molar-refractivity contribution in [3.8, 4) is 6.07 Å². The largest absolute Gasteiger partial charge is 0.465 e. The van der Waals surface area contributed by atoms with E-state index in [1.54, 1.807) is 0 Å². The second-order valence-corrected chi connectivity index (χ2v) is 2.74. The molecular weight excluding hydrogens is 222 g/mol. The lowest BCUT2D eigenvalue weighted by molar-refractivity contribution is 0.0586. The summed E-state index contributed by atoms with van der Waals surface area (Å²) >= 11 is 0. The lowest BCUT2D eigenvalue weighted by Crippen LogP contribution is -2.17. The lowest BCUT2D eigenvalue weighted by Gasteiger charge is -2.07. The van der Waals surface area contributed by atoms with Gasteiger partial charge in [0.05, 0.1) is 12.7 Å². The monoisotopic (exact) mass is 228 g/mol. The van der Waals surface area contributed by atoms with Crippen molar-refractivity contribution < 1.29 is 18.3 Å². The Balaban J connectivity index is 3.59. The highest BCUT2D eigenvalue weighted by Crippen LogP contribution is 2.22. The van der Waals surface area contributed by atoms with Crippen LogP contribution in [-0.4, -0.2) is 18.1 Å². The molecule has 1 N–H and O–H groups in total. The molecule has 0 aliphatic carbocycles. The van der Waals surface area contributed by atoms with Crippen LogP contribution < -0.4 is 5.56 Å². The summed E-state index contributed by atoms with van der Waals surface area (Å²) < 4.78 is 29.3. The van der Waals surface area contributed by atoms with Crippen LogP contribution in [0.15, 0.2) is 10.9 Å². The number of halogens is 2. The summed E-state index contributed by atoms with van der Waals surface area (Å²) in [5.41, 5.74) is -2.83. The predicted octanol–water partition coefficient (Wildman–Crippen LogP) is 0.971. The molecule has 0 aliphatic rings. The minimum Gasteiger partial charge on any atom is -0.465 e. The van der Waals surface area contributed by atoms with E-state index in [0.717, 1.165) is 13.2 Å². The van der Waals surface area contributed by atoms with Crippen LogP contribution in [0.5, 0.6) is 0 Å². The molecule has 0 unspecified atom stereocenters. The Labute approximate surface area is 88.3 Å². The molecule has 0 aromatic carbocycles. The van der Waals surface area contributed by atoms with Crippen LogP contribution in [0.25, 0.3) is 0 Å². The number of aromatic nitrogens is 1. The number of hydrogen-bond acceptors (Lipinski definition) is 4. The summed E-state index contributed by atoms with van der Waals surface area (Å²) in [7, 11) is 0.990. The van der Waals surface area contributed by atoms with E-state index in [0.29, 0.717) is 0 Å². The average molecular weight is 228 g/mol. The summed E-state index contributed by atoms with van der Waals surface area (Å²) in [6, 6.07) is 2.25. The van der Waals surface area contributed by atoms with Crippen LogP contribution in [-0.2, 0) is 4.74 Å². The molecular formula is C9H6F2N2O3. The molecule has 1 aromatic heterocycles. The molecule has 7 heteroatoms. The number of carbonyl (C=O) groups excluding carboxylic acids is 1. The Kier molecular flexibility index (Phi) is 3.35. The number of carbonyl (C=O) groups is 1. The maximum Gasteiger partial charge on any atom is 0.341 e. The molecule has 5 nitrogen and oxygen atoms in total. The van der Waals surface area contributed by atoms with E-state index in [1.807, 2.05) is 4.98 Å². The minimum atomic E-state index is -3.07. The standard InChI is InChI=1S/C9H6F2N2O3/c1-16-9(15)6-4(3-12)2-5(14)13-7(6)8(10)11/h2,8H,1H3,(H,13,14). The van der Waals surface area contributed by atoms with Crippen LogP contribution in [0.2, 0.25) is 0 Å². The average Bonchev–Trinajstić information content (AvgIpc) is 2.26. The van der Waals surface area contributed by atoms with Gasteiger partial charge in [-0.05, 0) is 0 Å². The number of methoxy groups -OCH3 is 1. The third kappa shape index (κ3) is 2.06. The summed E-state index contributed by atoms with van der Waals surface area (Å²) in [5.74, 6) is -1.09. The number of hydrogen-bond donors (Lipinski definition) is 1. The molecule has 84 valence electrons. The van der Waals surface area contributed by atoms with Gasteiger partial charge in [-0.3, -0.25) is 4.79 Å². The Morgan fingerprint density at radius 3 is 2.69 bits per heavy atom. The number of ether oxygens (including phenoxy) is 1. The van der Waals surface area contributed by atoms with Crippen molar-refractivity contribution in [2.75, 3.05) is 7.11 Å². The Bertz CT molecular complexity index is 516. The van der Waals surface area contributed by atoms with Crippen molar-refractivity contribution in [1.29, 1.82) is 5.26 Å². The lowest BCUT2D eigenvalue weighted by atomic mass is 10.1. The van der Waals surface area contributed by atoms with E-state index in [9.17, 15) is 18.4 Å². The normalized spacial score (nSPS) is 9.94. The first-order valence-electron chi connectivity index (χ1n) is 4.05. The minimum absolute atomic E-state index is 0.439. The van der Waals surface area contributed by atoms with Crippen molar-refractivity contribution >= 4 is 5.97 Å². The number of nitrogens with zero attached hydrogens (tertiary/aromatic N) is 1. The zero-order valence-corrected chi connectivity index (χ0v) is 8.08. The van der Waals surface area contributed by atoms with Gasteiger partial charge in [0, 0.05) is 6.07 Å². The van der Waals surface area contributed by atoms with Gasteiger partial charge in [0.1, 0.15) is 17.3 Å². The molecule has 1 rings (SSSR count). The first-order chi connectivity index (χ1) is 7.51. The topological polar surface area (TPSA) is 82.9 Å². The van der Waals surface area contributed by atoms with Gasteiger partial charge in [-0.1, -0.05) is 0 Å². The van der Waals surface area contributed by atoms with E-state index in [-0.39, 0.29) is 0 Å². The van der Waals surface area contributed by atoms with E-state index in [2.05, 4.69) is 4.74 Å². The molecule has 16 heavy (non-hydrogen) atoms. The maximum absolute atomic E-state index is 12.5. The number of aromatic amines is 1. The Morgan fingerprint density at radius 2 is 2.25 bits per heavy atom. The van der Waals surface area contributed by atoms with E-state index in [4.69, 9.17) is 5.26 Å². The number of nitrogens with one attached hydrogen (secondary N) is 1. The maximum atomic E-state index is 12.5. The molecule has 0 saturated heterocycles. The Morgan fingerprint density at radius 1 is 1.62 bits per heavy atom. The highest BCUT2D eigenvalue weighted by atomic mass is 19.3. The molecule has 0 aliphatic heterocycles. The molecule has 0 spiro atoms. The molecule has 0 atom stereocenters. The number of rotatable bonds is 2. The number of H-pyrrole nitrogens is 1. The molecule has 0 radical (unpaired) electrons. The van der Waals surface area contributed by atoms with Crippen molar-refractivity contribution in [3.63, 3.8) is 0 Å². The number of pyridine rings is 1. The van der Waals surface area contributed by atoms with Gasteiger partial charge in [0.2, 0.25) is 5.56 Å². The van der Waals surface area contributed by atoms with Crippen LogP contribution in [0.3, 0.4) is 0 Å². The second-order valence-electron chi connectivity index (χ2n) is 2.74. The van der Waals surface area contributed by atoms with E-state index in [1.165, 1.54) is 6.07 Å². The van der Waals surface area contributed by atoms with Crippen molar-refractivity contribution in [2.24, 2.45) is 0 Å². The second kappa shape index (κ2) is 4.53. The first-order valence-corrected chi connectivity index (χ1v) is 4.05. The summed E-state index contributed by atoms with van der Waals surface area (Å²) in [6.07, 6.45) is -3.07. The fourth-order valence-electron chi connectivity index (χ4n) is 1.15. The highest BCUT2D eigenvalue weighted by Gasteiger charge is 2.24. The summed E-state index contributed by atoms with van der Waals surface area (Å²) in [4.78, 5) is 24.0. The fraction of sp³-hybridized carbons (Fsp3) is 0.222. The van der Waals surface area contributed by atoms with Crippen LogP contribution >= 0.6 is 0 Å². The van der Waals surface area contributed by atoms with Gasteiger partial charge in [0.15, 0.2) is 0 Å². The number of alkyl halides is 2. The van der Waals surface area contributed by atoms with Crippen molar-refractivity contribution in [1.82, 2.24) is 4.98 Å². The number of nitriles is 1. The van der Waals surface area contributed by atoms with Gasteiger partial charge in [-0.25, -0.2) is 13.6 Å². The summed E-state index contributed by atoms with van der Waals surface area (Å²) in [5, 5.41) is 8.64. The first kappa shape index (κ1) is 11.8. The molecule has 0 fully saturated rings. The fourth-order valence-corrected chi connectivity index (χ4v) is 1.15. The molecule has 0 amide bonds. The molecule has 0 bridgehead atoms. The quantitative estimate of drug-likeness (QED) is 0.764. The zero-order valence-electron chi connectivity index (χ0n) is 8.08. The third-order valence-corrected chi connectivity index (χ3v) is 1.80. The van der Waals surface area contributed by atoms with Crippen LogP contribution in [0.1, 0.15) is 28.0 Å². The molecule has 0 saturated carbocycles. The van der Waals surface area contributed by atoms with Crippen molar-refractivity contribution in [2.45, 2.75) is 6.43 Å². The van der Waals surface area contributed by atoms with Gasteiger partial charge >= 0.3 is 5.97 Å².